The van der Waals surface area contributed by atoms with E-state index in [2.05, 4.69) is 71.0 Å². The molecule has 0 spiro atoms. The number of para-hydroxylation sites is 2. The van der Waals surface area contributed by atoms with Crippen molar-refractivity contribution in [2.24, 2.45) is 0 Å². The van der Waals surface area contributed by atoms with Crippen LogP contribution in [0.15, 0.2) is 72.8 Å². The first kappa shape index (κ1) is 21.0. The van der Waals surface area contributed by atoms with E-state index in [-0.39, 0.29) is 17.7 Å². The van der Waals surface area contributed by atoms with Gasteiger partial charge in [-0.15, -0.1) is 0 Å². The molecule has 0 N–H and O–H groups in total. The van der Waals surface area contributed by atoms with Gasteiger partial charge in [-0.2, -0.15) is 0 Å². The number of carbonyl (C=O) groups is 1. The summed E-state index contributed by atoms with van der Waals surface area (Å²) in [4.78, 5) is 18.0. The summed E-state index contributed by atoms with van der Waals surface area (Å²) in [5, 5.41) is 0. The molecule has 0 amide bonds. The van der Waals surface area contributed by atoms with Gasteiger partial charge in [0.2, 0.25) is 0 Å². The highest BCUT2D eigenvalue weighted by atomic mass is 16.1. The topological polar surface area (TPSA) is 34.9 Å². The molecule has 3 aromatic carbocycles. The first-order chi connectivity index (χ1) is 14.7. The van der Waals surface area contributed by atoms with Gasteiger partial charge in [0.1, 0.15) is 5.82 Å². The second-order valence-corrected chi connectivity index (χ2v) is 9.54. The van der Waals surface area contributed by atoms with E-state index >= 15 is 0 Å². The molecule has 1 heterocycles. The molecule has 31 heavy (non-hydrogen) atoms. The van der Waals surface area contributed by atoms with Gasteiger partial charge in [0, 0.05) is 11.1 Å². The van der Waals surface area contributed by atoms with Gasteiger partial charge in [0.05, 0.1) is 17.6 Å². The van der Waals surface area contributed by atoms with Crippen LogP contribution in [0.4, 0.5) is 0 Å². The van der Waals surface area contributed by atoms with Crippen LogP contribution >= 0.6 is 0 Å². The minimum atomic E-state index is 0.0889. The van der Waals surface area contributed by atoms with Crippen LogP contribution in [-0.2, 0) is 12.0 Å². The standard InChI is InChI=1S/C28H30N2O/c1-19(2)20-10-12-21(13-11-20)26(31)18-30-25-9-7-6-8-24(25)29-27(30)22-14-16-23(17-15-22)28(3,4)5/h6-17,19H,18H2,1-5H3. The number of carbonyl (C=O) groups excluding carboxylic acids is 1. The summed E-state index contributed by atoms with van der Waals surface area (Å²) >= 11 is 0. The predicted molar refractivity (Wildman–Crippen MR) is 129 cm³/mol. The lowest BCUT2D eigenvalue weighted by atomic mass is 9.87. The molecule has 0 fully saturated rings. The zero-order chi connectivity index (χ0) is 22.2. The van der Waals surface area contributed by atoms with Crippen LogP contribution in [0, 0.1) is 0 Å². The second kappa shape index (κ2) is 8.14. The van der Waals surface area contributed by atoms with E-state index in [0.29, 0.717) is 5.92 Å². The van der Waals surface area contributed by atoms with Gasteiger partial charge in [0.25, 0.3) is 0 Å². The van der Waals surface area contributed by atoms with Crippen molar-refractivity contribution in [2.45, 2.75) is 52.5 Å². The van der Waals surface area contributed by atoms with Crippen LogP contribution in [-0.4, -0.2) is 15.3 Å². The summed E-state index contributed by atoms with van der Waals surface area (Å²) in [5.74, 6) is 1.37. The third-order valence-corrected chi connectivity index (χ3v) is 5.86. The van der Waals surface area contributed by atoms with Gasteiger partial charge in [0.15, 0.2) is 5.78 Å². The fourth-order valence-corrected chi connectivity index (χ4v) is 3.86. The third-order valence-electron chi connectivity index (χ3n) is 5.86. The molecule has 0 saturated heterocycles. The Morgan fingerprint density at radius 3 is 2.16 bits per heavy atom. The molecule has 0 aliphatic heterocycles. The first-order valence-corrected chi connectivity index (χ1v) is 10.9. The van der Waals surface area contributed by atoms with Crippen molar-refractivity contribution < 1.29 is 4.79 Å². The third kappa shape index (κ3) is 4.32. The minimum absolute atomic E-state index is 0.0889. The number of imidazole rings is 1. The van der Waals surface area contributed by atoms with Crippen molar-refractivity contribution in [3.8, 4) is 11.4 Å². The Kier molecular flexibility index (Phi) is 5.53. The van der Waals surface area contributed by atoms with E-state index in [1.54, 1.807) is 0 Å². The lowest BCUT2D eigenvalue weighted by molar-refractivity contribution is 0.0974. The fraction of sp³-hybridized carbons (Fsp3) is 0.286. The Hall–Kier alpha value is -3.20. The number of nitrogens with zero attached hydrogens (tertiary/aromatic N) is 2. The van der Waals surface area contributed by atoms with Crippen LogP contribution in [0.2, 0.25) is 0 Å². The molecule has 3 nitrogen and oxygen atoms in total. The Morgan fingerprint density at radius 2 is 1.55 bits per heavy atom. The molecular formula is C28H30N2O. The van der Waals surface area contributed by atoms with Gasteiger partial charge < -0.3 is 4.57 Å². The molecule has 0 unspecified atom stereocenters. The average molecular weight is 411 g/mol. The monoisotopic (exact) mass is 410 g/mol. The van der Waals surface area contributed by atoms with Crippen LogP contribution in [0.25, 0.3) is 22.4 Å². The lowest BCUT2D eigenvalue weighted by Crippen LogP contribution is -2.12. The minimum Gasteiger partial charge on any atom is -0.316 e. The molecule has 0 aliphatic carbocycles. The molecule has 3 heteroatoms. The molecule has 158 valence electrons. The van der Waals surface area contributed by atoms with Gasteiger partial charge >= 0.3 is 0 Å². The maximum Gasteiger partial charge on any atom is 0.182 e. The number of benzene rings is 3. The number of fused-ring (bicyclic) bond motifs is 1. The normalized spacial score (nSPS) is 11.9. The maximum atomic E-state index is 13.2. The molecule has 4 aromatic rings. The highest BCUT2D eigenvalue weighted by Crippen LogP contribution is 2.29. The molecule has 0 bridgehead atoms. The summed E-state index contributed by atoms with van der Waals surface area (Å²) < 4.78 is 2.04. The number of Topliss-reactive ketones (excluding diaryl/α,β-unsaturated/α-hetero) is 1. The predicted octanol–water partition coefficient (Wildman–Crippen LogP) is 7.01. The van der Waals surface area contributed by atoms with E-state index < -0.39 is 0 Å². The van der Waals surface area contributed by atoms with Crippen LogP contribution in [0.5, 0.6) is 0 Å². The van der Waals surface area contributed by atoms with E-state index in [1.165, 1.54) is 11.1 Å². The second-order valence-electron chi connectivity index (χ2n) is 9.54. The van der Waals surface area contributed by atoms with Crippen LogP contribution in [0.1, 0.15) is 62.0 Å². The number of aromatic nitrogens is 2. The summed E-state index contributed by atoms with van der Waals surface area (Å²) in [5.41, 5.74) is 6.24. The smallest absolute Gasteiger partial charge is 0.182 e. The fourth-order valence-electron chi connectivity index (χ4n) is 3.86. The Morgan fingerprint density at radius 1 is 0.903 bits per heavy atom. The number of rotatable bonds is 5. The Balaban J connectivity index is 1.72. The summed E-state index contributed by atoms with van der Waals surface area (Å²) in [6.45, 7) is 11.2. The van der Waals surface area contributed by atoms with E-state index in [9.17, 15) is 4.79 Å². The molecule has 0 saturated carbocycles. The van der Waals surface area contributed by atoms with Crippen molar-refractivity contribution in [3.63, 3.8) is 0 Å². The van der Waals surface area contributed by atoms with Crippen LogP contribution < -0.4 is 0 Å². The number of hydrogen-bond donors (Lipinski definition) is 0. The average Bonchev–Trinajstić information content (AvgIpc) is 3.11. The molecule has 1 aromatic heterocycles. The van der Waals surface area contributed by atoms with Crippen molar-refractivity contribution in [2.75, 3.05) is 0 Å². The van der Waals surface area contributed by atoms with E-state index in [1.807, 2.05) is 41.0 Å². The molecule has 0 radical (unpaired) electrons. The maximum absolute atomic E-state index is 13.2. The molecule has 4 rings (SSSR count). The van der Waals surface area contributed by atoms with Crippen molar-refractivity contribution in [1.29, 1.82) is 0 Å². The van der Waals surface area contributed by atoms with Gasteiger partial charge in [-0.05, 0) is 34.6 Å². The number of hydrogen-bond acceptors (Lipinski definition) is 2. The SMILES string of the molecule is CC(C)c1ccc(C(=O)Cn2c(-c3ccc(C(C)(C)C)cc3)nc3ccccc32)cc1. The van der Waals surface area contributed by atoms with Gasteiger partial charge in [-0.3, -0.25) is 4.79 Å². The molecule has 0 aliphatic rings. The number of ketones is 1. The van der Waals surface area contributed by atoms with Crippen molar-refractivity contribution in [3.05, 3.63) is 89.5 Å². The van der Waals surface area contributed by atoms with Crippen molar-refractivity contribution in [1.82, 2.24) is 9.55 Å². The quantitative estimate of drug-likeness (QED) is 0.332. The van der Waals surface area contributed by atoms with Crippen molar-refractivity contribution >= 4 is 16.8 Å². The highest BCUT2D eigenvalue weighted by molar-refractivity contribution is 5.97. The summed E-state index contributed by atoms with van der Waals surface area (Å²) in [6.07, 6.45) is 0. The van der Waals surface area contributed by atoms with Gasteiger partial charge in [-0.1, -0.05) is 95.3 Å². The molecule has 0 atom stereocenters. The van der Waals surface area contributed by atoms with E-state index in [4.69, 9.17) is 4.98 Å². The van der Waals surface area contributed by atoms with Gasteiger partial charge in [-0.25, -0.2) is 4.98 Å². The summed E-state index contributed by atoms with van der Waals surface area (Å²) in [7, 11) is 0. The Bertz CT molecular complexity index is 1210. The van der Waals surface area contributed by atoms with Crippen LogP contribution in [0.3, 0.4) is 0 Å². The first-order valence-electron chi connectivity index (χ1n) is 10.9. The molecular weight excluding hydrogens is 380 g/mol. The summed E-state index contributed by atoms with van der Waals surface area (Å²) in [6, 6.07) is 24.5. The lowest BCUT2D eigenvalue weighted by Gasteiger charge is -2.19. The van der Waals surface area contributed by atoms with E-state index in [0.717, 1.165) is 28.0 Å². The zero-order valence-corrected chi connectivity index (χ0v) is 19.0. The largest absolute Gasteiger partial charge is 0.316 e. The highest BCUT2D eigenvalue weighted by Gasteiger charge is 2.18. The Labute approximate surface area is 184 Å². The zero-order valence-electron chi connectivity index (χ0n) is 19.0.